The first-order valence-corrected chi connectivity index (χ1v) is 6.20. The molecule has 19 heavy (non-hydrogen) atoms. The van der Waals surface area contributed by atoms with Crippen LogP contribution < -0.4 is 5.32 Å². The molecule has 0 saturated carbocycles. The van der Waals surface area contributed by atoms with Crippen LogP contribution in [0.15, 0.2) is 12.4 Å². The number of hydrogen-bond donors (Lipinski definition) is 1. The predicted octanol–water partition coefficient (Wildman–Crippen LogP) is 1.30. The summed E-state index contributed by atoms with van der Waals surface area (Å²) < 4.78 is 6.78. The fraction of sp³-hybridized carbons (Fsp3) is 0.615. The van der Waals surface area contributed by atoms with Crippen molar-refractivity contribution < 1.29 is 14.3 Å². The highest BCUT2D eigenvalue weighted by atomic mass is 16.6. The Morgan fingerprint density at radius 3 is 2.74 bits per heavy atom. The average molecular weight is 267 g/mol. The topological polar surface area (TPSA) is 73.2 Å². The van der Waals surface area contributed by atoms with Gasteiger partial charge in [-0.05, 0) is 32.8 Å². The normalized spacial score (nSPS) is 12.8. The first-order valence-electron chi connectivity index (χ1n) is 6.20. The smallest absolute Gasteiger partial charge is 0.407 e. The monoisotopic (exact) mass is 267 g/mol. The summed E-state index contributed by atoms with van der Waals surface area (Å²) in [5.41, 5.74) is 0.426. The standard InChI is InChI=1S/C13H21N3O3/c1-13(2,3)19-12(18)14-6-11(9-17)5-10-7-15-16(4)8-10/h7-9,11H,5-6H2,1-4H3,(H,14,18)/t11-/m0/s1. The number of rotatable bonds is 5. The third-order valence-corrected chi connectivity index (χ3v) is 2.36. The highest BCUT2D eigenvalue weighted by molar-refractivity contribution is 5.68. The van der Waals surface area contributed by atoms with Gasteiger partial charge in [0.25, 0.3) is 0 Å². The first kappa shape index (κ1) is 15.2. The number of alkyl carbamates (subject to hydrolysis) is 1. The van der Waals surface area contributed by atoms with Crippen LogP contribution in [-0.4, -0.2) is 34.3 Å². The van der Waals surface area contributed by atoms with Gasteiger partial charge in [-0.2, -0.15) is 5.10 Å². The fourth-order valence-electron chi connectivity index (χ4n) is 1.58. The molecule has 0 saturated heterocycles. The molecule has 0 bridgehead atoms. The number of nitrogens with zero attached hydrogens (tertiary/aromatic N) is 2. The van der Waals surface area contributed by atoms with Gasteiger partial charge in [-0.1, -0.05) is 0 Å². The Morgan fingerprint density at radius 1 is 1.58 bits per heavy atom. The van der Waals surface area contributed by atoms with E-state index in [1.807, 2.05) is 13.2 Å². The third-order valence-electron chi connectivity index (χ3n) is 2.36. The van der Waals surface area contributed by atoms with E-state index in [1.165, 1.54) is 0 Å². The lowest BCUT2D eigenvalue weighted by Gasteiger charge is -2.20. The zero-order valence-corrected chi connectivity index (χ0v) is 11.8. The van der Waals surface area contributed by atoms with Crippen LogP contribution in [-0.2, 0) is 23.0 Å². The van der Waals surface area contributed by atoms with Gasteiger partial charge in [0.05, 0.1) is 6.20 Å². The highest BCUT2D eigenvalue weighted by Crippen LogP contribution is 2.08. The molecule has 0 aliphatic rings. The maximum Gasteiger partial charge on any atom is 0.407 e. The van der Waals surface area contributed by atoms with Crippen LogP contribution >= 0.6 is 0 Å². The Bertz CT molecular complexity index is 435. The van der Waals surface area contributed by atoms with E-state index in [0.717, 1.165) is 11.8 Å². The van der Waals surface area contributed by atoms with Crippen molar-refractivity contribution in [1.29, 1.82) is 0 Å². The molecule has 0 radical (unpaired) electrons. The van der Waals surface area contributed by atoms with Gasteiger partial charge in [-0.15, -0.1) is 0 Å². The number of amides is 1. The number of nitrogens with one attached hydrogen (secondary N) is 1. The number of ether oxygens (including phenoxy) is 1. The lowest BCUT2D eigenvalue weighted by molar-refractivity contribution is -0.110. The Balaban J connectivity index is 2.41. The van der Waals surface area contributed by atoms with Gasteiger partial charge >= 0.3 is 6.09 Å². The minimum atomic E-state index is -0.538. The van der Waals surface area contributed by atoms with Crippen molar-refractivity contribution in [2.75, 3.05) is 6.54 Å². The molecule has 1 aromatic heterocycles. The van der Waals surface area contributed by atoms with E-state index >= 15 is 0 Å². The molecule has 1 atom stereocenters. The summed E-state index contributed by atoms with van der Waals surface area (Å²) in [5.74, 6) is -0.281. The molecule has 0 aliphatic carbocycles. The van der Waals surface area contributed by atoms with Gasteiger partial charge in [0.1, 0.15) is 11.9 Å². The van der Waals surface area contributed by atoms with Gasteiger partial charge in [0.15, 0.2) is 0 Å². The van der Waals surface area contributed by atoms with E-state index in [2.05, 4.69) is 10.4 Å². The van der Waals surface area contributed by atoms with Crippen LogP contribution in [0.25, 0.3) is 0 Å². The Hall–Kier alpha value is -1.85. The van der Waals surface area contributed by atoms with Crippen LogP contribution in [0.4, 0.5) is 4.79 Å². The van der Waals surface area contributed by atoms with E-state index < -0.39 is 11.7 Å². The van der Waals surface area contributed by atoms with E-state index in [0.29, 0.717) is 6.42 Å². The van der Waals surface area contributed by atoms with Crippen LogP contribution in [0.2, 0.25) is 0 Å². The van der Waals surface area contributed by atoms with Gasteiger partial charge in [0.2, 0.25) is 0 Å². The molecular formula is C13H21N3O3. The summed E-state index contributed by atoms with van der Waals surface area (Å²) in [6, 6.07) is 0. The largest absolute Gasteiger partial charge is 0.444 e. The molecule has 106 valence electrons. The van der Waals surface area contributed by atoms with Crippen LogP contribution in [0, 0.1) is 5.92 Å². The van der Waals surface area contributed by atoms with Crippen molar-refractivity contribution in [3.8, 4) is 0 Å². The quantitative estimate of drug-likeness (QED) is 0.816. The highest BCUT2D eigenvalue weighted by Gasteiger charge is 2.17. The summed E-state index contributed by atoms with van der Waals surface area (Å²) >= 11 is 0. The van der Waals surface area contributed by atoms with Gasteiger partial charge in [0, 0.05) is 25.7 Å². The van der Waals surface area contributed by atoms with E-state index in [1.54, 1.807) is 31.6 Å². The van der Waals surface area contributed by atoms with Crippen LogP contribution in [0.1, 0.15) is 26.3 Å². The van der Waals surface area contributed by atoms with Crippen molar-refractivity contribution in [2.24, 2.45) is 13.0 Å². The Morgan fingerprint density at radius 2 is 2.26 bits per heavy atom. The molecule has 1 rings (SSSR count). The predicted molar refractivity (Wildman–Crippen MR) is 70.7 cm³/mol. The summed E-state index contributed by atoms with van der Waals surface area (Å²) in [7, 11) is 1.82. The summed E-state index contributed by atoms with van der Waals surface area (Å²) in [6.07, 6.45) is 4.44. The molecular weight excluding hydrogens is 246 g/mol. The van der Waals surface area contributed by atoms with Crippen LogP contribution in [0.5, 0.6) is 0 Å². The summed E-state index contributed by atoms with van der Waals surface area (Å²) in [4.78, 5) is 22.5. The minimum absolute atomic E-state index is 0.257. The van der Waals surface area contributed by atoms with Crippen molar-refractivity contribution in [3.05, 3.63) is 18.0 Å². The molecule has 0 unspecified atom stereocenters. The molecule has 1 amide bonds. The molecule has 1 heterocycles. The average Bonchev–Trinajstić information content (AvgIpc) is 2.67. The number of carbonyl (C=O) groups is 2. The zero-order valence-electron chi connectivity index (χ0n) is 11.8. The van der Waals surface area contributed by atoms with Crippen molar-refractivity contribution in [2.45, 2.75) is 32.8 Å². The molecule has 1 aromatic rings. The van der Waals surface area contributed by atoms with Gasteiger partial charge < -0.3 is 14.8 Å². The second-order valence-electron chi connectivity index (χ2n) is 5.51. The molecule has 0 aliphatic heterocycles. The second kappa shape index (κ2) is 6.36. The first-order chi connectivity index (χ1) is 8.80. The number of aromatic nitrogens is 2. The lowest BCUT2D eigenvalue weighted by atomic mass is 10.0. The molecule has 0 fully saturated rings. The number of aryl methyl sites for hydroxylation is 1. The minimum Gasteiger partial charge on any atom is -0.444 e. The Labute approximate surface area is 113 Å². The lowest BCUT2D eigenvalue weighted by Crippen LogP contribution is -2.36. The molecule has 6 heteroatoms. The van der Waals surface area contributed by atoms with E-state index in [4.69, 9.17) is 4.74 Å². The van der Waals surface area contributed by atoms with Crippen molar-refractivity contribution in [1.82, 2.24) is 15.1 Å². The number of hydrogen-bond acceptors (Lipinski definition) is 4. The van der Waals surface area contributed by atoms with Gasteiger partial charge in [-0.3, -0.25) is 4.68 Å². The summed E-state index contributed by atoms with van der Waals surface area (Å²) in [6.45, 7) is 5.63. The third kappa shape index (κ3) is 6.03. The molecule has 1 N–H and O–H groups in total. The van der Waals surface area contributed by atoms with Gasteiger partial charge in [-0.25, -0.2) is 4.79 Å². The maximum atomic E-state index is 11.5. The molecule has 0 spiro atoms. The second-order valence-corrected chi connectivity index (χ2v) is 5.51. The van der Waals surface area contributed by atoms with Crippen molar-refractivity contribution >= 4 is 12.4 Å². The maximum absolute atomic E-state index is 11.5. The van der Waals surface area contributed by atoms with Crippen LogP contribution in [0.3, 0.4) is 0 Å². The number of aldehydes is 1. The number of carbonyl (C=O) groups excluding carboxylic acids is 2. The Kier molecular flexibility index (Phi) is 5.09. The fourth-order valence-corrected chi connectivity index (χ4v) is 1.58. The van der Waals surface area contributed by atoms with E-state index in [9.17, 15) is 9.59 Å². The molecule has 0 aromatic carbocycles. The zero-order chi connectivity index (χ0) is 14.5. The summed E-state index contributed by atoms with van der Waals surface area (Å²) in [5, 5.41) is 6.63. The van der Waals surface area contributed by atoms with Crippen molar-refractivity contribution in [3.63, 3.8) is 0 Å². The SMILES string of the molecule is Cn1cc(C[C@H](C=O)CNC(=O)OC(C)(C)C)cn1. The molecule has 6 nitrogen and oxygen atoms in total. The van der Waals surface area contributed by atoms with E-state index in [-0.39, 0.29) is 12.5 Å².